The number of nitro benzene ring substituents is 1. The van der Waals surface area contributed by atoms with E-state index in [0.717, 1.165) is 21.8 Å². The Labute approximate surface area is 128 Å². The van der Waals surface area contributed by atoms with Gasteiger partial charge in [0.25, 0.3) is 5.69 Å². The third kappa shape index (κ3) is 4.31. The van der Waals surface area contributed by atoms with Crippen molar-refractivity contribution in [1.82, 2.24) is 0 Å². The standard InChI is InChI=1S/C16H17NO3S/c1-12(18)14-6-4-7-15(11-14)21-10-9-13-5-2-3-8-16(13)17(19)20/h2-8,11-12,18H,9-10H2,1H3. The Morgan fingerprint density at radius 1 is 1.24 bits per heavy atom. The number of para-hydroxylation sites is 1. The predicted molar refractivity (Wildman–Crippen MR) is 84.6 cm³/mol. The fraction of sp³-hybridized carbons (Fsp3) is 0.250. The molecule has 0 aliphatic carbocycles. The molecule has 2 aromatic rings. The molecule has 0 aromatic heterocycles. The molecule has 4 nitrogen and oxygen atoms in total. The van der Waals surface area contributed by atoms with Gasteiger partial charge in [-0.15, -0.1) is 11.8 Å². The average Bonchev–Trinajstić information content (AvgIpc) is 2.48. The molecule has 0 saturated carbocycles. The molecule has 0 radical (unpaired) electrons. The van der Waals surface area contributed by atoms with Crippen LogP contribution in [0.5, 0.6) is 0 Å². The highest BCUT2D eigenvalue weighted by molar-refractivity contribution is 7.99. The summed E-state index contributed by atoms with van der Waals surface area (Å²) in [6.45, 7) is 1.73. The van der Waals surface area contributed by atoms with Crippen LogP contribution in [0.25, 0.3) is 0 Å². The van der Waals surface area contributed by atoms with Crippen LogP contribution in [-0.2, 0) is 6.42 Å². The van der Waals surface area contributed by atoms with E-state index in [1.807, 2.05) is 30.3 Å². The van der Waals surface area contributed by atoms with Crippen LogP contribution < -0.4 is 0 Å². The smallest absolute Gasteiger partial charge is 0.272 e. The van der Waals surface area contributed by atoms with Crippen LogP contribution in [0.1, 0.15) is 24.2 Å². The number of aliphatic hydroxyl groups excluding tert-OH is 1. The van der Waals surface area contributed by atoms with Crippen LogP contribution in [-0.4, -0.2) is 15.8 Å². The third-order valence-corrected chi connectivity index (χ3v) is 4.16. The van der Waals surface area contributed by atoms with E-state index in [9.17, 15) is 15.2 Å². The lowest BCUT2D eigenvalue weighted by atomic mass is 10.1. The number of thioether (sulfide) groups is 1. The van der Waals surface area contributed by atoms with Gasteiger partial charge in [0.1, 0.15) is 0 Å². The second-order valence-electron chi connectivity index (χ2n) is 4.73. The lowest BCUT2D eigenvalue weighted by Gasteiger charge is -2.07. The number of benzene rings is 2. The van der Waals surface area contributed by atoms with Gasteiger partial charge in [-0.2, -0.15) is 0 Å². The summed E-state index contributed by atoms with van der Waals surface area (Å²) in [4.78, 5) is 11.7. The highest BCUT2D eigenvalue weighted by Crippen LogP contribution is 2.25. The van der Waals surface area contributed by atoms with Gasteiger partial charge in [-0.1, -0.05) is 30.3 Å². The number of hydrogen-bond donors (Lipinski definition) is 1. The van der Waals surface area contributed by atoms with Gasteiger partial charge in [0.2, 0.25) is 0 Å². The third-order valence-electron chi connectivity index (χ3n) is 3.17. The Morgan fingerprint density at radius 2 is 2.00 bits per heavy atom. The fourth-order valence-electron chi connectivity index (χ4n) is 2.04. The molecule has 0 spiro atoms. The maximum Gasteiger partial charge on any atom is 0.272 e. The van der Waals surface area contributed by atoms with Gasteiger partial charge in [0.15, 0.2) is 0 Å². The van der Waals surface area contributed by atoms with Gasteiger partial charge in [-0.25, -0.2) is 0 Å². The SMILES string of the molecule is CC(O)c1cccc(SCCc2ccccc2[N+](=O)[O-])c1. The molecule has 0 aliphatic rings. The van der Waals surface area contributed by atoms with Crippen molar-refractivity contribution in [3.05, 3.63) is 69.8 Å². The Bertz CT molecular complexity index is 628. The van der Waals surface area contributed by atoms with E-state index in [1.165, 1.54) is 6.07 Å². The maximum atomic E-state index is 10.9. The van der Waals surface area contributed by atoms with Crippen LogP contribution in [0, 0.1) is 10.1 Å². The molecule has 110 valence electrons. The van der Waals surface area contributed by atoms with E-state index >= 15 is 0 Å². The molecule has 21 heavy (non-hydrogen) atoms. The molecule has 0 fully saturated rings. The van der Waals surface area contributed by atoms with Crippen molar-refractivity contribution in [2.75, 3.05) is 5.75 Å². The van der Waals surface area contributed by atoms with Crippen LogP contribution in [0.15, 0.2) is 53.4 Å². The normalized spacial score (nSPS) is 12.1. The van der Waals surface area contributed by atoms with Gasteiger partial charge in [0.05, 0.1) is 11.0 Å². The van der Waals surface area contributed by atoms with Gasteiger partial charge >= 0.3 is 0 Å². The van der Waals surface area contributed by atoms with E-state index in [4.69, 9.17) is 0 Å². The predicted octanol–water partition coefficient (Wildman–Crippen LogP) is 3.98. The molecule has 1 unspecified atom stereocenters. The molecule has 0 aliphatic heterocycles. The molecular weight excluding hydrogens is 286 g/mol. The van der Waals surface area contributed by atoms with Gasteiger partial charge < -0.3 is 5.11 Å². The van der Waals surface area contributed by atoms with Crippen molar-refractivity contribution in [3.63, 3.8) is 0 Å². The second-order valence-corrected chi connectivity index (χ2v) is 5.90. The first kappa shape index (κ1) is 15.5. The summed E-state index contributed by atoms with van der Waals surface area (Å²) in [5.41, 5.74) is 1.81. The largest absolute Gasteiger partial charge is 0.389 e. The van der Waals surface area contributed by atoms with Gasteiger partial charge in [-0.05, 0) is 31.0 Å². The van der Waals surface area contributed by atoms with E-state index in [-0.39, 0.29) is 10.6 Å². The number of nitrogens with zero attached hydrogens (tertiary/aromatic N) is 1. The Morgan fingerprint density at radius 3 is 2.71 bits per heavy atom. The van der Waals surface area contributed by atoms with E-state index in [2.05, 4.69) is 0 Å². The molecule has 2 aromatic carbocycles. The van der Waals surface area contributed by atoms with E-state index < -0.39 is 6.10 Å². The molecule has 1 N–H and O–H groups in total. The summed E-state index contributed by atoms with van der Waals surface area (Å²) in [6.07, 6.45) is 0.154. The van der Waals surface area contributed by atoms with Crippen LogP contribution >= 0.6 is 11.8 Å². The summed E-state index contributed by atoms with van der Waals surface area (Å²) < 4.78 is 0. The summed E-state index contributed by atoms with van der Waals surface area (Å²) in [6, 6.07) is 14.6. The van der Waals surface area contributed by atoms with Gasteiger partial charge in [0, 0.05) is 22.3 Å². The van der Waals surface area contributed by atoms with Crippen molar-refractivity contribution in [2.24, 2.45) is 0 Å². The first-order valence-corrected chi connectivity index (χ1v) is 7.69. The molecular formula is C16H17NO3S. The highest BCUT2D eigenvalue weighted by atomic mass is 32.2. The minimum absolute atomic E-state index is 0.177. The van der Waals surface area contributed by atoms with Crippen molar-refractivity contribution in [3.8, 4) is 0 Å². The molecule has 0 heterocycles. The maximum absolute atomic E-state index is 10.9. The number of hydrogen-bond acceptors (Lipinski definition) is 4. The number of nitro groups is 1. The molecule has 0 amide bonds. The topological polar surface area (TPSA) is 63.4 Å². The first-order valence-electron chi connectivity index (χ1n) is 6.71. The summed E-state index contributed by atoms with van der Waals surface area (Å²) >= 11 is 1.63. The van der Waals surface area contributed by atoms with Crippen molar-refractivity contribution in [2.45, 2.75) is 24.3 Å². The summed E-state index contributed by atoms with van der Waals surface area (Å²) in [7, 11) is 0. The van der Waals surface area contributed by atoms with E-state index in [1.54, 1.807) is 30.8 Å². The van der Waals surface area contributed by atoms with Crippen molar-refractivity contribution < 1.29 is 10.0 Å². The number of rotatable bonds is 6. The first-order chi connectivity index (χ1) is 10.1. The summed E-state index contributed by atoms with van der Waals surface area (Å²) in [5, 5.41) is 20.5. The second kappa shape index (κ2) is 7.24. The highest BCUT2D eigenvalue weighted by Gasteiger charge is 2.11. The zero-order valence-corrected chi connectivity index (χ0v) is 12.5. The van der Waals surface area contributed by atoms with Crippen LogP contribution in [0.3, 0.4) is 0 Å². The molecule has 0 saturated heterocycles. The quantitative estimate of drug-likeness (QED) is 0.498. The Hall–Kier alpha value is -1.85. The Kier molecular flexibility index (Phi) is 5.36. The number of aryl methyl sites for hydroxylation is 1. The zero-order chi connectivity index (χ0) is 15.2. The van der Waals surface area contributed by atoms with Crippen LogP contribution in [0.4, 0.5) is 5.69 Å². The zero-order valence-electron chi connectivity index (χ0n) is 11.7. The lowest BCUT2D eigenvalue weighted by molar-refractivity contribution is -0.385. The monoisotopic (exact) mass is 303 g/mol. The Balaban J connectivity index is 1.99. The van der Waals surface area contributed by atoms with Crippen molar-refractivity contribution in [1.29, 1.82) is 0 Å². The lowest BCUT2D eigenvalue weighted by Crippen LogP contribution is -1.97. The minimum Gasteiger partial charge on any atom is -0.389 e. The fourth-order valence-corrected chi connectivity index (χ4v) is 3.00. The molecule has 5 heteroatoms. The molecule has 2 rings (SSSR count). The molecule has 0 bridgehead atoms. The minimum atomic E-state index is -0.485. The van der Waals surface area contributed by atoms with Crippen LogP contribution in [0.2, 0.25) is 0 Å². The number of aliphatic hydroxyl groups is 1. The summed E-state index contributed by atoms with van der Waals surface area (Å²) in [5.74, 6) is 0.758. The molecule has 1 atom stereocenters. The van der Waals surface area contributed by atoms with E-state index in [0.29, 0.717) is 6.42 Å². The average molecular weight is 303 g/mol. The van der Waals surface area contributed by atoms with Gasteiger partial charge in [-0.3, -0.25) is 10.1 Å². The van der Waals surface area contributed by atoms with Crippen molar-refractivity contribution >= 4 is 17.4 Å².